The first kappa shape index (κ1) is 21.3. The van der Waals surface area contributed by atoms with Crippen LogP contribution in [0.1, 0.15) is 55.4 Å². The standard InChI is InChI=1S/C25H26N2O3/c1-16(2)30-25(29)24-18(4)27(15-20-10-7-9-19(12-20)14-26)23(28)13-22(24)21-11-6-5-8-17(21)3/h5-12,16,22H,13,15H2,1-4H3/t22-/m0/s1. The maximum Gasteiger partial charge on any atom is 0.336 e. The van der Waals surface area contributed by atoms with Crippen LogP contribution in [-0.4, -0.2) is 22.9 Å². The van der Waals surface area contributed by atoms with Crippen molar-refractivity contribution < 1.29 is 14.3 Å². The molecule has 2 aromatic carbocycles. The van der Waals surface area contributed by atoms with Gasteiger partial charge in [-0.3, -0.25) is 4.79 Å². The van der Waals surface area contributed by atoms with Gasteiger partial charge in [-0.15, -0.1) is 0 Å². The monoisotopic (exact) mass is 402 g/mol. The Bertz CT molecular complexity index is 1050. The molecule has 2 aromatic rings. The molecule has 1 aliphatic rings. The van der Waals surface area contributed by atoms with E-state index in [4.69, 9.17) is 10.00 Å². The molecule has 0 bridgehead atoms. The molecular weight excluding hydrogens is 376 g/mol. The van der Waals surface area contributed by atoms with Gasteiger partial charge in [0.05, 0.1) is 29.9 Å². The SMILES string of the molecule is CC1=C(C(=O)OC(C)C)[C@H](c2ccccc2C)CC(=O)N1Cc1cccc(C#N)c1. The van der Waals surface area contributed by atoms with Gasteiger partial charge >= 0.3 is 5.97 Å². The molecule has 0 aliphatic carbocycles. The van der Waals surface area contributed by atoms with E-state index in [0.29, 0.717) is 23.4 Å². The lowest BCUT2D eigenvalue weighted by Gasteiger charge is -2.35. The second-order valence-corrected chi connectivity index (χ2v) is 7.86. The van der Waals surface area contributed by atoms with Crippen LogP contribution in [0.15, 0.2) is 59.8 Å². The number of rotatable bonds is 5. The molecule has 0 fully saturated rings. The van der Waals surface area contributed by atoms with Gasteiger partial charge in [0.1, 0.15) is 0 Å². The predicted molar refractivity (Wildman–Crippen MR) is 114 cm³/mol. The highest BCUT2D eigenvalue weighted by Gasteiger charge is 2.37. The van der Waals surface area contributed by atoms with Gasteiger partial charge in [0, 0.05) is 18.0 Å². The number of hydrogen-bond acceptors (Lipinski definition) is 4. The molecule has 3 rings (SSSR count). The minimum Gasteiger partial charge on any atom is -0.460 e. The van der Waals surface area contributed by atoms with E-state index >= 15 is 0 Å². The summed E-state index contributed by atoms with van der Waals surface area (Å²) in [5.74, 6) is -0.783. The molecule has 1 atom stereocenters. The average molecular weight is 402 g/mol. The number of carbonyl (C=O) groups is 2. The third kappa shape index (κ3) is 4.44. The first-order valence-corrected chi connectivity index (χ1v) is 10.1. The first-order chi connectivity index (χ1) is 14.3. The van der Waals surface area contributed by atoms with Crippen LogP contribution in [0.4, 0.5) is 0 Å². The zero-order valence-corrected chi connectivity index (χ0v) is 17.8. The fourth-order valence-corrected chi connectivity index (χ4v) is 3.91. The van der Waals surface area contributed by atoms with Gasteiger partial charge in [0.2, 0.25) is 5.91 Å². The van der Waals surface area contributed by atoms with E-state index in [2.05, 4.69) is 6.07 Å². The van der Waals surface area contributed by atoms with Crippen molar-refractivity contribution >= 4 is 11.9 Å². The fourth-order valence-electron chi connectivity index (χ4n) is 3.91. The molecule has 0 N–H and O–H groups in total. The summed E-state index contributed by atoms with van der Waals surface area (Å²) < 4.78 is 5.54. The fraction of sp³-hybridized carbons (Fsp3) is 0.320. The lowest BCUT2D eigenvalue weighted by atomic mass is 9.81. The van der Waals surface area contributed by atoms with Crippen LogP contribution < -0.4 is 0 Å². The van der Waals surface area contributed by atoms with Crippen molar-refractivity contribution in [3.63, 3.8) is 0 Å². The molecule has 1 heterocycles. The number of amides is 1. The van der Waals surface area contributed by atoms with E-state index in [1.165, 1.54) is 0 Å². The maximum atomic E-state index is 13.1. The van der Waals surface area contributed by atoms with E-state index in [9.17, 15) is 9.59 Å². The molecule has 0 saturated carbocycles. The summed E-state index contributed by atoms with van der Waals surface area (Å²) in [5.41, 5.74) is 4.50. The Kier molecular flexibility index (Phi) is 6.37. The van der Waals surface area contributed by atoms with Crippen LogP contribution in [-0.2, 0) is 20.9 Å². The summed E-state index contributed by atoms with van der Waals surface area (Å²) in [7, 11) is 0. The van der Waals surface area contributed by atoms with Gasteiger partial charge in [-0.25, -0.2) is 4.79 Å². The van der Waals surface area contributed by atoms with Crippen molar-refractivity contribution in [2.45, 2.75) is 52.7 Å². The molecule has 0 aromatic heterocycles. The number of nitrogens with zero attached hydrogens (tertiary/aromatic N) is 2. The van der Waals surface area contributed by atoms with Crippen molar-refractivity contribution in [2.75, 3.05) is 0 Å². The van der Waals surface area contributed by atoms with Crippen LogP contribution in [0.25, 0.3) is 0 Å². The molecule has 0 saturated heterocycles. The first-order valence-electron chi connectivity index (χ1n) is 10.1. The predicted octanol–water partition coefficient (Wildman–Crippen LogP) is 4.61. The number of benzene rings is 2. The van der Waals surface area contributed by atoms with E-state index in [1.807, 2.05) is 51.1 Å². The zero-order valence-electron chi connectivity index (χ0n) is 17.8. The van der Waals surface area contributed by atoms with Crippen LogP contribution in [0.5, 0.6) is 0 Å². The summed E-state index contributed by atoms with van der Waals surface area (Å²) in [4.78, 5) is 27.8. The normalized spacial score (nSPS) is 16.6. The summed E-state index contributed by atoms with van der Waals surface area (Å²) >= 11 is 0. The Hall–Kier alpha value is -3.39. The van der Waals surface area contributed by atoms with Crippen molar-refractivity contribution in [3.05, 3.63) is 82.1 Å². The van der Waals surface area contributed by atoms with Gasteiger partial charge in [-0.1, -0.05) is 36.4 Å². The van der Waals surface area contributed by atoms with Crippen LogP contribution in [0, 0.1) is 18.3 Å². The van der Waals surface area contributed by atoms with Gasteiger partial charge in [-0.2, -0.15) is 5.26 Å². The lowest BCUT2D eigenvalue weighted by molar-refractivity contribution is -0.143. The van der Waals surface area contributed by atoms with E-state index in [-0.39, 0.29) is 30.3 Å². The smallest absolute Gasteiger partial charge is 0.336 e. The second-order valence-electron chi connectivity index (χ2n) is 7.86. The quantitative estimate of drug-likeness (QED) is 0.685. The Morgan fingerprint density at radius 3 is 2.60 bits per heavy atom. The highest BCUT2D eigenvalue weighted by Crippen LogP contribution is 2.39. The number of ether oxygens (including phenoxy) is 1. The van der Waals surface area contributed by atoms with Crippen molar-refractivity contribution in [1.29, 1.82) is 5.26 Å². The molecule has 0 radical (unpaired) electrons. The van der Waals surface area contributed by atoms with E-state index in [0.717, 1.165) is 16.7 Å². The van der Waals surface area contributed by atoms with Gasteiger partial charge in [0.15, 0.2) is 0 Å². The number of hydrogen-bond donors (Lipinski definition) is 0. The third-order valence-electron chi connectivity index (χ3n) is 5.35. The van der Waals surface area contributed by atoms with Gasteiger partial charge < -0.3 is 9.64 Å². The number of aryl methyl sites for hydroxylation is 1. The molecule has 5 heteroatoms. The molecule has 154 valence electrons. The average Bonchev–Trinajstić information content (AvgIpc) is 2.70. The minimum atomic E-state index is -0.390. The lowest BCUT2D eigenvalue weighted by Crippen LogP contribution is -2.38. The van der Waals surface area contributed by atoms with Crippen LogP contribution >= 0.6 is 0 Å². The second kappa shape index (κ2) is 8.96. The zero-order chi connectivity index (χ0) is 21.8. The van der Waals surface area contributed by atoms with Crippen LogP contribution in [0.3, 0.4) is 0 Å². The largest absolute Gasteiger partial charge is 0.460 e. The molecule has 0 spiro atoms. The van der Waals surface area contributed by atoms with E-state index in [1.54, 1.807) is 30.0 Å². The Morgan fingerprint density at radius 1 is 1.20 bits per heavy atom. The number of nitriles is 1. The summed E-state index contributed by atoms with van der Waals surface area (Å²) in [6, 6.07) is 17.1. The third-order valence-corrected chi connectivity index (χ3v) is 5.35. The number of allylic oxidation sites excluding steroid dienone is 1. The summed E-state index contributed by atoms with van der Waals surface area (Å²) in [5, 5.41) is 9.16. The van der Waals surface area contributed by atoms with E-state index < -0.39 is 0 Å². The molecule has 0 unspecified atom stereocenters. The highest BCUT2D eigenvalue weighted by atomic mass is 16.5. The van der Waals surface area contributed by atoms with Crippen LogP contribution in [0.2, 0.25) is 0 Å². The maximum absolute atomic E-state index is 13.1. The number of carbonyl (C=O) groups excluding carboxylic acids is 2. The minimum absolute atomic E-state index is 0.0517. The molecule has 1 amide bonds. The Labute approximate surface area is 177 Å². The summed E-state index contributed by atoms with van der Waals surface area (Å²) in [6.45, 7) is 7.72. The Morgan fingerprint density at radius 2 is 1.93 bits per heavy atom. The summed E-state index contributed by atoms with van der Waals surface area (Å²) in [6.07, 6.45) is -0.0587. The molecule has 30 heavy (non-hydrogen) atoms. The van der Waals surface area contributed by atoms with Gasteiger partial charge in [-0.05, 0) is 56.5 Å². The Balaban J connectivity index is 2.06. The topological polar surface area (TPSA) is 70.4 Å². The molecule has 5 nitrogen and oxygen atoms in total. The number of esters is 1. The molecule has 1 aliphatic heterocycles. The van der Waals surface area contributed by atoms with Crippen molar-refractivity contribution in [2.24, 2.45) is 0 Å². The van der Waals surface area contributed by atoms with Crippen molar-refractivity contribution in [1.82, 2.24) is 4.90 Å². The molecular formula is C25H26N2O3. The van der Waals surface area contributed by atoms with Crippen molar-refractivity contribution in [3.8, 4) is 6.07 Å². The highest BCUT2D eigenvalue weighted by molar-refractivity contribution is 5.96. The van der Waals surface area contributed by atoms with Gasteiger partial charge in [0.25, 0.3) is 0 Å².